The normalized spacial score (nSPS) is 20.5. The third kappa shape index (κ3) is 4.13. The lowest BCUT2D eigenvalue weighted by Crippen LogP contribution is -2.18. The van der Waals surface area contributed by atoms with Crippen molar-refractivity contribution in [1.29, 1.82) is 0 Å². The van der Waals surface area contributed by atoms with Gasteiger partial charge >= 0.3 is 6.09 Å². The quantitative estimate of drug-likeness (QED) is 0.381. The topological polar surface area (TPSA) is 89.1 Å². The third-order valence-electron chi connectivity index (χ3n) is 3.91. The van der Waals surface area contributed by atoms with Crippen molar-refractivity contribution in [2.75, 3.05) is 13.1 Å². The van der Waals surface area contributed by atoms with Crippen LogP contribution >= 0.6 is 0 Å². The molecular weight excluding hydrogens is 304 g/mol. The van der Waals surface area contributed by atoms with Gasteiger partial charge in [-0.2, -0.15) is 5.10 Å². The Morgan fingerprint density at radius 3 is 2.96 bits per heavy atom. The Labute approximate surface area is 141 Å². The number of carbonyl (C=O) groups excluding carboxylic acids is 1. The lowest BCUT2D eigenvalue weighted by molar-refractivity contribution is 0.144. The maximum absolute atomic E-state index is 11.0. The smallest absolute Gasteiger partial charge is 0.407 e. The number of hydrogen-bond donors (Lipinski definition) is 2. The number of nitrogens with two attached hydrogens (primary N) is 1. The first-order valence-electron chi connectivity index (χ1n) is 8.00. The van der Waals surface area contributed by atoms with Crippen LogP contribution in [0.15, 0.2) is 28.3 Å². The number of nitrogens with one attached hydrogen (secondary N) is 1. The van der Waals surface area contributed by atoms with E-state index in [4.69, 9.17) is 10.6 Å². The number of cyclic esters (lactones) is 1. The molecule has 1 atom stereocenters. The fourth-order valence-corrected chi connectivity index (χ4v) is 2.40. The minimum atomic E-state index is -0.401. The van der Waals surface area contributed by atoms with E-state index in [1.54, 1.807) is 6.21 Å². The number of carbonyl (C=O) groups is 1. The van der Waals surface area contributed by atoms with Crippen LogP contribution in [-0.4, -0.2) is 37.2 Å². The van der Waals surface area contributed by atoms with Crippen molar-refractivity contribution in [3.8, 4) is 11.8 Å². The Hall–Kier alpha value is -2.81. The summed E-state index contributed by atoms with van der Waals surface area (Å²) in [5, 5.41) is 6.41. The van der Waals surface area contributed by atoms with Crippen LogP contribution in [0.1, 0.15) is 29.5 Å². The summed E-state index contributed by atoms with van der Waals surface area (Å²) in [7, 11) is 0. The second-order valence-electron chi connectivity index (χ2n) is 5.99. The van der Waals surface area contributed by atoms with Gasteiger partial charge in [0, 0.05) is 23.3 Å². The third-order valence-corrected chi connectivity index (χ3v) is 3.91. The summed E-state index contributed by atoms with van der Waals surface area (Å²) in [4.78, 5) is 15.2. The number of hydrazone groups is 1. The van der Waals surface area contributed by atoms with Crippen molar-refractivity contribution in [1.82, 2.24) is 5.32 Å². The highest BCUT2D eigenvalue weighted by Crippen LogP contribution is 2.27. The molecule has 0 spiro atoms. The predicted molar refractivity (Wildman–Crippen MR) is 93.1 cm³/mol. The van der Waals surface area contributed by atoms with E-state index in [0.29, 0.717) is 24.7 Å². The minimum absolute atomic E-state index is 0.242. The van der Waals surface area contributed by atoms with Crippen LogP contribution in [-0.2, 0) is 4.74 Å². The molecule has 3 N–H and O–H groups in total. The van der Waals surface area contributed by atoms with Gasteiger partial charge in [-0.25, -0.2) is 4.79 Å². The predicted octanol–water partition coefficient (Wildman–Crippen LogP) is 1.60. The van der Waals surface area contributed by atoms with Gasteiger partial charge in [0.2, 0.25) is 0 Å². The zero-order valence-electron chi connectivity index (χ0n) is 13.6. The van der Waals surface area contributed by atoms with Gasteiger partial charge in [-0.15, -0.1) is 0 Å². The summed E-state index contributed by atoms with van der Waals surface area (Å²) in [5.41, 5.74) is 3.55. The molecule has 24 heavy (non-hydrogen) atoms. The summed E-state index contributed by atoms with van der Waals surface area (Å²) in [5.74, 6) is 12.5. The summed E-state index contributed by atoms with van der Waals surface area (Å²) < 4.78 is 5.02. The first kappa shape index (κ1) is 16.1. The summed E-state index contributed by atoms with van der Waals surface area (Å²) in [6.45, 7) is 2.85. The molecule has 0 aromatic heterocycles. The molecule has 1 aliphatic heterocycles. The van der Waals surface area contributed by atoms with E-state index in [1.165, 1.54) is 12.8 Å². The zero-order chi connectivity index (χ0) is 16.9. The molecule has 0 radical (unpaired) electrons. The Kier molecular flexibility index (Phi) is 4.80. The van der Waals surface area contributed by atoms with Crippen LogP contribution in [0.5, 0.6) is 0 Å². The van der Waals surface area contributed by atoms with Gasteiger partial charge < -0.3 is 15.9 Å². The number of ether oxygens (including phenoxy) is 1. The Balaban J connectivity index is 1.66. The monoisotopic (exact) mass is 324 g/mol. The van der Waals surface area contributed by atoms with Crippen LogP contribution in [0.2, 0.25) is 0 Å². The van der Waals surface area contributed by atoms with E-state index in [-0.39, 0.29) is 6.10 Å². The molecule has 6 heteroatoms. The number of benzene rings is 1. The standard InChI is InChI=1S/C18H20N4O2/c1-12-8-14(5-4-13-2-3-13)6-7-16(12)17(22-19)11-20-9-15-10-21-18(23)24-15/h6-8,11,13,15H,2-3,9-10,19H2,1H3,(H,21,23)/b20-11?,22-17+. The van der Waals surface area contributed by atoms with Crippen molar-refractivity contribution in [3.05, 3.63) is 34.9 Å². The fraction of sp³-hybridized carbons (Fsp3) is 0.389. The van der Waals surface area contributed by atoms with Crippen molar-refractivity contribution < 1.29 is 9.53 Å². The number of aryl methyl sites for hydroxylation is 1. The molecule has 1 heterocycles. The van der Waals surface area contributed by atoms with Gasteiger partial charge in [0.05, 0.1) is 13.1 Å². The second-order valence-corrected chi connectivity index (χ2v) is 5.99. The van der Waals surface area contributed by atoms with Crippen molar-refractivity contribution in [2.24, 2.45) is 21.9 Å². The van der Waals surface area contributed by atoms with Gasteiger partial charge in [0.25, 0.3) is 0 Å². The Morgan fingerprint density at radius 2 is 2.33 bits per heavy atom. The summed E-state index contributed by atoms with van der Waals surface area (Å²) in [6.07, 6.45) is 3.41. The molecule has 1 aromatic rings. The van der Waals surface area contributed by atoms with Gasteiger partial charge in [-0.3, -0.25) is 4.99 Å². The number of nitrogens with zero attached hydrogens (tertiary/aromatic N) is 2. The average molecular weight is 324 g/mol. The van der Waals surface area contributed by atoms with E-state index in [0.717, 1.165) is 16.7 Å². The molecule has 1 saturated carbocycles. The van der Waals surface area contributed by atoms with Gasteiger partial charge in [-0.1, -0.05) is 17.9 Å². The molecule has 2 aliphatic rings. The maximum atomic E-state index is 11.0. The van der Waals surface area contributed by atoms with E-state index in [1.807, 2.05) is 25.1 Å². The number of alkyl carbamates (subject to hydrolysis) is 1. The molecule has 6 nitrogen and oxygen atoms in total. The first-order chi connectivity index (χ1) is 11.7. The zero-order valence-corrected chi connectivity index (χ0v) is 13.6. The fourth-order valence-electron chi connectivity index (χ4n) is 2.40. The van der Waals surface area contributed by atoms with Gasteiger partial charge in [-0.05, 0) is 37.5 Å². The van der Waals surface area contributed by atoms with Crippen molar-refractivity contribution >= 4 is 18.0 Å². The molecule has 1 aromatic carbocycles. The van der Waals surface area contributed by atoms with E-state index in [9.17, 15) is 4.79 Å². The lowest BCUT2D eigenvalue weighted by Gasteiger charge is -2.06. The maximum Gasteiger partial charge on any atom is 0.407 e. The van der Waals surface area contributed by atoms with Crippen molar-refractivity contribution in [3.63, 3.8) is 0 Å². The van der Waals surface area contributed by atoms with Crippen LogP contribution in [0, 0.1) is 24.7 Å². The summed E-state index contributed by atoms with van der Waals surface area (Å²) in [6, 6.07) is 5.97. The number of hydrogen-bond acceptors (Lipinski definition) is 5. The molecule has 2 fully saturated rings. The Bertz CT molecular complexity index is 754. The Morgan fingerprint density at radius 1 is 1.50 bits per heavy atom. The van der Waals surface area contributed by atoms with Crippen LogP contribution in [0.4, 0.5) is 4.79 Å². The van der Waals surface area contributed by atoms with Gasteiger partial charge in [0.15, 0.2) is 0 Å². The molecule has 1 aliphatic carbocycles. The highest BCUT2D eigenvalue weighted by molar-refractivity contribution is 6.38. The van der Waals surface area contributed by atoms with Crippen LogP contribution in [0.3, 0.4) is 0 Å². The van der Waals surface area contributed by atoms with Crippen molar-refractivity contribution in [2.45, 2.75) is 25.9 Å². The summed E-state index contributed by atoms with van der Waals surface area (Å²) >= 11 is 0. The SMILES string of the molecule is Cc1cc(C#CC2CC2)ccc1/C(C=NCC1CNC(=O)O1)=N/N. The minimum Gasteiger partial charge on any atom is -0.442 e. The van der Waals surface area contributed by atoms with Crippen LogP contribution in [0.25, 0.3) is 0 Å². The largest absolute Gasteiger partial charge is 0.442 e. The highest BCUT2D eigenvalue weighted by atomic mass is 16.6. The number of rotatable bonds is 4. The number of amides is 1. The molecule has 1 saturated heterocycles. The molecule has 1 unspecified atom stereocenters. The van der Waals surface area contributed by atoms with E-state index >= 15 is 0 Å². The first-order valence-corrected chi connectivity index (χ1v) is 8.00. The molecule has 3 rings (SSSR count). The molecule has 124 valence electrons. The molecule has 1 amide bonds. The van der Waals surface area contributed by atoms with Gasteiger partial charge in [0.1, 0.15) is 11.8 Å². The second kappa shape index (κ2) is 7.18. The molecule has 0 bridgehead atoms. The van der Waals surface area contributed by atoms with E-state index < -0.39 is 6.09 Å². The van der Waals surface area contributed by atoms with Crippen LogP contribution < -0.4 is 11.2 Å². The number of aliphatic imine (C=N–C) groups is 1. The van der Waals surface area contributed by atoms with E-state index in [2.05, 4.69) is 27.3 Å². The molecular formula is C18H20N4O2. The average Bonchev–Trinajstić information content (AvgIpc) is 3.31. The lowest BCUT2D eigenvalue weighted by atomic mass is 10.0. The highest BCUT2D eigenvalue weighted by Gasteiger charge is 2.21.